The van der Waals surface area contributed by atoms with Gasteiger partial charge in [0.05, 0.1) is 5.69 Å². The van der Waals surface area contributed by atoms with Crippen molar-refractivity contribution in [1.82, 2.24) is 15.1 Å². The third-order valence-corrected chi connectivity index (χ3v) is 2.80. The van der Waals surface area contributed by atoms with Gasteiger partial charge in [0.1, 0.15) is 0 Å². The summed E-state index contributed by atoms with van der Waals surface area (Å²) >= 11 is 0. The van der Waals surface area contributed by atoms with Crippen molar-refractivity contribution in [2.45, 2.75) is 13.3 Å². The Morgan fingerprint density at radius 2 is 2.11 bits per heavy atom. The number of carbonyl (C=O) groups is 2. The molecule has 2 rings (SSSR count). The van der Waals surface area contributed by atoms with E-state index in [0.717, 1.165) is 5.69 Å². The molecule has 0 spiro atoms. The predicted molar refractivity (Wildman–Crippen MR) is 71.6 cm³/mol. The number of benzene rings is 1. The molecule has 0 saturated carbocycles. The molecular formula is C14H15N3O2. The van der Waals surface area contributed by atoms with E-state index in [2.05, 4.69) is 10.4 Å². The quantitative estimate of drug-likeness (QED) is 0.850. The number of hydrogen-bond donors (Lipinski definition) is 1. The zero-order chi connectivity index (χ0) is 13.8. The molecular weight excluding hydrogens is 242 g/mol. The molecule has 1 heterocycles. The van der Waals surface area contributed by atoms with Gasteiger partial charge in [0.15, 0.2) is 11.5 Å². The number of nitrogens with zero attached hydrogens (tertiary/aromatic N) is 2. The molecule has 0 bridgehead atoms. The Bertz CT molecular complexity index is 617. The smallest absolute Gasteiger partial charge is 0.271 e. The van der Waals surface area contributed by atoms with Gasteiger partial charge in [-0.25, -0.2) is 4.68 Å². The van der Waals surface area contributed by atoms with Crippen LogP contribution in [0.25, 0.3) is 5.69 Å². The van der Waals surface area contributed by atoms with Gasteiger partial charge < -0.3 is 5.32 Å². The number of aromatic nitrogens is 2. The van der Waals surface area contributed by atoms with Crippen molar-refractivity contribution < 1.29 is 9.59 Å². The van der Waals surface area contributed by atoms with Crippen LogP contribution >= 0.6 is 0 Å². The summed E-state index contributed by atoms with van der Waals surface area (Å²) in [6.07, 6.45) is 2.16. The molecule has 5 nitrogen and oxygen atoms in total. The van der Waals surface area contributed by atoms with Crippen molar-refractivity contribution in [3.05, 3.63) is 47.8 Å². The van der Waals surface area contributed by atoms with E-state index in [1.807, 2.05) is 13.0 Å². The van der Waals surface area contributed by atoms with Crippen molar-refractivity contribution in [2.75, 3.05) is 7.05 Å². The standard InChI is InChI=1S/C14H15N3O2/c1-3-13(18)10-5-4-6-11(9-10)17-8-7-12(16-17)14(19)15-2/h4-9H,3H2,1-2H3,(H,15,19). The molecule has 0 aliphatic carbocycles. The number of rotatable bonds is 4. The summed E-state index contributed by atoms with van der Waals surface area (Å²) in [6, 6.07) is 8.82. The van der Waals surface area contributed by atoms with Gasteiger partial charge in [-0.2, -0.15) is 5.10 Å². The molecule has 0 radical (unpaired) electrons. The van der Waals surface area contributed by atoms with E-state index >= 15 is 0 Å². The molecule has 0 aliphatic rings. The second-order valence-corrected chi connectivity index (χ2v) is 4.05. The van der Waals surface area contributed by atoms with E-state index in [1.165, 1.54) is 0 Å². The van der Waals surface area contributed by atoms with Crippen LogP contribution in [0.1, 0.15) is 34.2 Å². The summed E-state index contributed by atoms with van der Waals surface area (Å²) in [7, 11) is 1.56. The number of nitrogens with one attached hydrogen (secondary N) is 1. The maximum absolute atomic E-state index is 11.7. The van der Waals surface area contributed by atoms with Crippen LogP contribution in [-0.2, 0) is 0 Å². The molecule has 19 heavy (non-hydrogen) atoms. The average molecular weight is 257 g/mol. The maximum Gasteiger partial charge on any atom is 0.271 e. The van der Waals surface area contributed by atoms with Gasteiger partial charge in [-0.1, -0.05) is 19.1 Å². The highest BCUT2D eigenvalue weighted by Crippen LogP contribution is 2.12. The first-order valence-electron chi connectivity index (χ1n) is 6.07. The SMILES string of the molecule is CCC(=O)c1cccc(-n2ccc(C(=O)NC)n2)c1. The van der Waals surface area contributed by atoms with E-state index in [9.17, 15) is 9.59 Å². The summed E-state index contributed by atoms with van der Waals surface area (Å²) < 4.78 is 1.58. The minimum atomic E-state index is -0.237. The fourth-order valence-corrected chi connectivity index (χ4v) is 1.74. The van der Waals surface area contributed by atoms with Crippen LogP contribution in [0.2, 0.25) is 0 Å². The van der Waals surface area contributed by atoms with E-state index < -0.39 is 0 Å². The molecule has 1 N–H and O–H groups in total. The molecule has 1 aromatic heterocycles. The summed E-state index contributed by atoms with van der Waals surface area (Å²) in [5, 5.41) is 6.69. The molecule has 98 valence electrons. The van der Waals surface area contributed by atoms with Gasteiger partial charge in [-0.15, -0.1) is 0 Å². The lowest BCUT2D eigenvalue weighted by Crippen LogP contribution is -2.18. The largest absolute Gasteiger partial charge is 0.354 e. The minimum absolute atomic E-state index is 0.0838. The van der Waals surface area contributed by atoms with E-state index in [1.54, 1.807) is 42.2 Å². The molecule has 1 aromatic carbocycles. The van der Waals surface area contributed by atoms with Crippen LogP contribution < -0.4 is 5.32 Å². The van der Waals surface area contributed by atoms with Gasteiger partial charge in [0, 0.05) is 25.2 Å². The molecule has 0 fully saturated rings. The topological polar surface area (TPSA) is 64.0 Å². The van der Waals surface area contributed by atoms with E-state index in [-0.39, 0.29) is 11.7 Å². The fourth-order valence-electron chi connectivity index (χ4n) is 1.74. The van der Waals surface area contributed by atoms with Gasteiger partial charge in [0.2, 0.25) is 0 Å². The fraction of sp³-hybridized carbons (Fsp3) is 0.214. The molecule has 1 amide bonds. The lowest BCUT2D eigenvalue weighted by molar-refractivity contribution is 0.0955. The van der Waals surface area contributed by atoms with Crippen molar-refractivity contribution in [1.29, 1.82) is 0 Å². The molecule has 0 saturated heterocycles. The number of ketones is 1. The van der Waals surface area contributed by atoms with Gasteiger partial charge in [0.25, 0.3) is 5.91 Å². The third kappa shape index (κ3) is 2.70. The second-order valence-electron chi connectivity index (χ2n) is 4.05. The zero-order valence-electron chi connectivity index (χ0n) is 10.9. The Hall–Kier alpha value is -2.43. The van der Waals surface area contributed by atoms with Crippen LogP contribution in [-0.4, -0.2) is 28.5 Å². The first kappa shape index (κ1) is 13.0. The van der Waals surface area contributed by atoms with Crippen molar-refractivity contribution in [3.8, 4) is 5.69 Å². The van der Waals surface area contributed by atoms with Crippen LogP contribution in [0.3, 0.4) is 0 Å². The summed E-state index contributed by atoms with van der Waals surface area (Å²) in [5.74, 6) is -0.153. The molecule has 0 atom stereocenters. The minimum Gasteiger partial charge on any atom is -0.354 e. The number of Topliss-reactive ketones (excluding diaryl/α,β-unsaturated/α-hetero) is 1. The first-order chi connectivity index (χ1) is 9.15. The van der Waals surface area contributed by atoms with Crippen molar-refractivity contribution in [3.63, 3.8) is 0 Å². The molecule has 0 aliphatic heterocycles. The highest BCUT2D eigenvalue weighted by atomic mass is 16.1. The van der Waals surface area contributed by atoms with E-state index in [4.69, 9.17) is 0 Å². The molecule has 0 unspecified atom stereocenters. The van der Waals surface area contributed by atoms with Crippen LogP contribution in [0.5, 0.6) is 0 Å². The highest BCUT2D eigenvalue weighted by Gasteiger charge is 2.09. The maximum atomic E-state index is 11.7. The highest BCUT2D eigenvalue weighted by molar-refractivity contribution is 5.96. The normalized spacial score (nSPS) is 10.2. The summed E-state index contributed by atoms with van der Waals surface area (Å²) in [5.41, 5.74) is 1.75. The van der Waals surface area contributed by atoms with Crippen LogP contribution in [0, 0.1) is 0 Å². The molecule has 2 aromatic rings. The van der Waals surface area contributed by atoms with Gasteiger partial charge >= 0.3 is 0 Å². The second kappa shape index (κ2) is 5.48. The summed E-state index contributed by atoms with van der Waals surface area (Å²) in [4.78, 5) is 23.1. The Kier molecular flexibility index (Phi) is 3.75. The van der Waals surface area contributed by atoms with Crippen LogP contribution in [0.4, 0.5) is 0 Å². The summed E-state index contributed by atoms with van der Waals surface area (Å²) in [6.45, 7) is 1.83. The Morgan fingerprint density at radius 3 is 2.79 bits per heavy atom. The number of amides is 1. The number of hydrogen-bond acceptors (Lipinski definition) is 3. The Morgan fingerprint density at radius 1 is 1.32 bits per heavy atom. The Balaban J connectivity index is 2.34. The van der Waals surface area contributed by atoms with Gasteiger partial charge in [-0.3, -0.25) is 9.59 Å². The lowest BCUT2D eigenvalue weighted by atomic mass is 10.1. The first-order valence-corrected chi connectivity index (χ1v) is 6.07. The van der Waals surface area contributed by atoms with Crippen LogP contribution in [0.15, 0.2) is 36.5 Å². The van der Waals surface area contributed by atoms with E-state index in [0.29, 0.717) is 17.7 Å². The van der Waals surface area contributed by atoms with Crippen molar-refractivity contribution >= 4 is 11.7 Å². The average Bonchev–Trinajstić information content (AvgIpc) is 2.95. The third-order valence-electron chi connectivity index (χ3n) is 2.80. The lowest BCUT2D eigenvalue weighted by Gasteiger charge is -2.04. The monoisotopic (exact) mass is 257 g/mol. The number of carbonyl (C=O) groups excluding carboxylic acids is 2. The van der Waals surface area contributed by atoms with Crippen molar-refractivity contribution in [2.24, 2.45) is 0 Å². The molecule has 5 heteroatoms. The van der Waals surface area contributed by atoms with Gasteiger partial charge in [-0.05, 0) is 18.2 Å². The zero-order valence-corrected chi connectivity index (χ0v) is 10.9. The predicted octanol–water partition coefficient (Wildman–Crippen LogP) is 1.82. The Labute approximate surface area is 111 Å².